The van der Waals surface area contributed by atoms with E-state index >= 15 is 0 Å². The van der Waals surface area contributed by atoms with Crippen LogP contribution in [0, 0.1) is 0 Å². The smallest absolute Gasteiger partial charge is 0.425 e. The molecule has 1 amide bonds. The van der Waals surface area contributed by atoms with E-state index in [1.807, 2.05) is 30.3 Å². The van der Waals surface area contributed by atoms with Gasteiger partial charge < -0.3 is 9.47 Å². The molecule has 0 unspecified atom stereocenters. The van der Waals surface area contributed by atoms with E-state index < -0.39 is 27.9 Å². The highest BCUT2D eigenvalue weighted by atomic mass is 32.2. The largest absolute Gasteiger partial charge is 0.443 e. The first-order valence-corrected chi connectivity index (χ1v) is 8.84. The van der Waals surface area contributed by atoms with Crippen molar-refractivity contribution in [3.8, 4) is 0 Å². The number of benzene rings is 1. The molecule has 0 aliphatic carbocycles. The predicted octanol–water partition coefficient (Wildman–Crippen LogP) is 2.20. The minimum absolute atomic E-state index is 0.0892. The van der Waals surface area contributed by atoms with Gasteiger partial charge in [0.2, 0.25) is 0 Å². The van der Waals surface area contributed by atoms with E-state index in [4.69, 9.17) is 14.6 Å². The van der Waals surface area contributed by atoms with Gasteiger partial charge >= 0.3 is 16.3 Å². The molecule has 0 aliphatic rings. The van der Waals surface area contributed by atoms with Gasteiger partial charge in [0.15, 0.2) is 0 Å². The molecular weight excluding hydrogens is 332 g/mol. The van der Waals surface area contributed by atoms with Gasteiger partial charge in [-0.25, -0.2) is 9.93 Å². The fourth-order valence-electron chi connectivity index (χ4n) is 1.84. The van der Waals surface area contributed by atoms with Gasteiger partial charge in [-0.1, -0.05) is 36.4 Å². The van der Waals surface area contributed by atoms with Gasteiger partial charge in [0, 0.05) is 0 Å². The summed E-state index contributed by atoms with van der Waals surface area (Å²) in [4.78, 5) is 12.2. The van der Waals surface area contributed by atoms with E-state index in [9.17, 15) is 13.2 Å². The Balaban J connectivity index is 2.82. The van der Waals surface area contributed by atoms with Crippen molar-refractivity contribution >= 4 is 16.3 Å². The lowest BCUT2D eigenvalue weighted by Crippen LogP contribution is -2.50. The van der Waals surface area contributed by atoms with Crippen LogP contribution in [-0.2, 0) is 26.3 Å². The third-order valence-corrected chi connectivity index (χ3v) is 3.79. The number of nitrogens with two attached hydrogens (primary N) is 1. The van der Waals surface area contributed by atoms with Gasteiger partial charge in [0.25, 0.3) is 0 Å². The van der Waals surface area contributed by atoms with Crippen molar-refractivity contribution in [2.75, 3.05) is 6.61 Å². The number of amides is 1. The van der Waals surface area contributed by atoms with E-state index in [-0.39, 0.29) is 13.2 Å². The fourth-order valence-corrected chi connectivity index (χ4v) is 2.61. The van der Waals surface area contributed by atoms with Crippen LogP contribution in [0.2, 0.25) is 0 Å². The highest BCUT2D eigenvalue weighted by Crippen LogP contribution is 2.15. The van der Waals surface area contributed by atoms with Crippen molar-refractivity contribution in [3.63, 3.8) is 0 Å². The Morgan fingerprint density at radius 3 is 2.38 bits per heavy atom. The minimum Gasteiger partial charge on any atom is -0.443 e. The molecule has 1 aromatic carbocycles. The van der Waals surface area contributed by atoms with Crippen molar-refractivity contribution in [1.82, 2.24) is 4.31 Å². The minimum atomic E-state index is -4.34. The van der Waals surface area contributed by atoms with Crippen LogP contribution < -0.4 is 5.14 Å². The van der Waals surface area contributed by atoms with Crippen molar-refractivity contribution < 1.29 is 22.7 Å². The van der Waals surface area contributed by atoms with Crippen LogP contribution in [0.4, 0.5) is 4.79 Å². The topological polar surface area (TPSA) is 98.9 Å². The molecule has 1 rings (SSSR count). The summed E-state index contributed by atoms with van der Waals surface area (Å²) in [6, 6.07) is 8.37. The molecule has 7 nitrogen and oxygen atoms in total. The average Bonchev–Trinajstić information content (AvgIpc) is 2.43. The zero-order chi connectivity index (χ0) is 18.4. The quantitative estimate of drug-likeness (QED) is 0.755. The number of carbonyl (C=O) groups excluding carboxylic acids is 1. The molecule has 0 heterocycles. The molecule has 1 aromatic rings. The molecule has 24 heavy (non-hydrogen) atoms. The predicted molar refractivity (Wildman–Crippen MR) is 91.3 cm³/mol. The summed E-state index contributed by atoms with van der Waals surface area (Å²) in [5, 5.41) is 5.15. The lowest BCUT2D eigenvalue weighted by Gasteiger charge is -2.29. The second-order valence-electron chi connectivity index (χ2n) is 6.12. The lowest BCUT2D eigenvalue weighted by atomic mass is 10.2. The van der Waals surface area contributed by atoms with Gasteiger partial charge in [-0.2, -0.15) is 12.7 Å². The fraction of sp³-hybridized carbons (Fsp3) is 0.438. The summed E-state index contributed by atoms with van der Waals surface area (Å²) in [6.07, 6.45) is 0.206. The summed E-state index contributed by atoms with van der Waals surface area (Å²) in [5.41, 5.74) is 0.0520. The van der Waals surface area contributed by atoms with Crippen LogP contribution in [-0.4, -0.2) is 37.1 Å². The molecule has 0 bridgehead atoms. The highest BCUT2D eigenvalue weighted by Gasteiger charge is 2.34. The maximum Gasteiger partial charge on any atom is 0.425 e. The van der Waals surface area contributed by atoms with Crippen LogP contribution in [0.3, 0.4) is 0 Å². The second-order valence-corrected chi connectivity index (χ2v) is 7.55. The molecular formula is C16H24N2O5S. The first-order valence-electron chi connectivity index (χ1n) is 7.34. The van der Waals surface area contributed by atoms with Crippen LogP contribution in [0.1, 0.15) is 26.3 Å². The summed E-state index contributed by atoms with van der Waals surface area (Å²) >= 11 is 0. The molecule has 134 valence electrons. The van der Waals surface area contributed by atoms with E-state index in [0.29, 0.717) is 4.31 Å². The van der Waals surface area contributed by atoms with Gasteiger partial charge in [0.05, 0.1) is 19.3 Å². The number of carbonyl (C=O) groups is 1. The summed E-state index contributed by atoms with van der Waals surface area (Å²) in [7, 11) is -4.34. The zero-order valence-electron chi connectivity index (χ0n) is 14.1. The molecule has 0 aromatic heterocycles. The van der Waals surface area contributed by atoms with Gasteiger partial charge in [-0.05, 0) is 26.3 Å². The zero-order valence-corrected chi connectivity index (χ0v) is 15.0. The molecule has 0 fully saturated rings. The van der Waals surface area contributed by atoms with E-state index in [1.165, 1.54) is 6.08 Å². The van der Waals surface area contributed by atoms with E-state index in [1.54, 1.807) is 20.8 Å². The lowest BCUT2D eigenvalue weighted by molar-refractivity contribution is 0.0263. The van der Waals surface area contributed by atoms with Gasteiger partial charge in [0.1, 0.15) is 5.60 Å². The van der Waals surface area contributed by atoms with Gasteiger partial charge in [-0.15, -0.1) is 6.58 Å². The molecule has 0 spiro atoms. The molecule has 0 saturated heterocycles. The molecule has 0 saturated carbocycles. The van der Waals surface area contributed by atoms with Crippen LogP contribution in [0.5, 0.6) is 0 Å². The Labute approximate surface area is 143 Å². The summed E-state index contributed by atoms with van der Waals surface area (Å²) < 4.78 is 34.6. The number of hydrogen-bond acceptors (Lipinski definition) is 5. The Bertz CT molecular complexity index is 653. The molecule has 1 atom stereocenters. The van der Waals surface area contributed by atoms with Crippen LogP contribution in [0.15, 0.2) is 43.0 Å². The summed E-state index contributed by atoms with van der Waals surface area (Å²) in [5.74, 6) is 0. The Hall–Kier alpha value is -1.90. The third-order valence-electron chi connectivity index (χ3n) is 2.82. The van der Waals surface area contributed by atoms with Gasteiger partial charge in [-0.3, -0.25) is 0 Å². The standard InChI is InChI=1S/C16H24N2O5S/c1-5-14(12-22-11-13-9-7-6-8-10-13)18(24(17,20)21)15(19)23-16(2,3)4/h5-10,14H,1,11-12H2,2-4H3,(H2,17,20,21)/t14-/m1/s1. The highest BCUT2D eigenvalue weighted by molar-refractivity contribution is 7.87. The SMILES string of the molecule is C=C[C@H](COCc1ccccc1)N(C(=O)OC(C)(C)C)S(N)(=O)=O. The van der Waals surface area contributed by atoms with Crippen molar-refractivity contribution in [2.45, 2.75) is 39.0 Å². The second kappa shape index (κ2) is 8.27. The maximum atomic E-state index is 12.2. The monoisotopic (exact) mass is 356 g/mol. The molecule has 2 N–H and O–H groups in total. The van der Waals surface area contributed by atoms with E-state index in [0.717, 1.165) is 5.56 Å². The Morgan fingerprint density at radius 2 is 1.92 bits per heavy atom. The maximum absolute atomic E-state index is 12.2. The van der Waals surface area contributed by atoms with Crippen molar-refractivity contribution in [2.24, 2.45) is 5.14 Å². The van der Waals surface area contributed by atoms with Crippen molar-refractivity contribution in [3.05, 3.63) is 48.6 Å². The number of rotatable bonds is 7. The first-order chi connectivity index (χ1) is 11.0. The third kappa shape index (κ3) is 6.69. The first kappa shape index (κ1) is 20.1. The normalized spacial score (nSPS) is 13.2. The Kier molecular flexibility index (Phi) is 6.94. The van der Waals surface area contributed by atoms with Crippen molar-refractivity contribution in [1.29, 1.82) is 0 Å². The molecule has 0 radical (unpaired) electrons. The number of ether oxygens (including phenoxy) is 2. The number of hydrogen-bond donors (Lipinski definition) is 1. The molecule has 8 heteroatoms. The van der Waals surface area contributed by atoms with Crippen LogP contribution in [0.25, 0.3) is 0 Å². The number of nitrogens with zero attached hydrogens (tertiary/aromatic N) is 1. The Morgan fingerprint density at radius 1 is 1.33 bits per heavy atom. The average molecular weight is 356 g/mol. The van der Waals surface area contributed by atoms with Crippen LogP contribution >= 0.6 is 0 Å². The van der Waals surface area contributed by atoms with E-state index in [2.05, 4.69) is 6.58 Å². The summed E-state index contributed by atoms with van der Waals surface area (Å²) in [6.45, 7) is 8.60. The molecule has 0 aliphatic heterocycles.